The van der Waals surface area contributed by atoms with Crippen molar-refractivity contribution in [2.24, 2.45) is 0 Å². The smallest absolute Gasteiger partial charge is 0.221 e. The van der Waals surface area contributed by atoms with Gasteiger partial charge in [0, 0.05) is 43.2 Å². The van der Waals surface area contributed by atoms with Crippen molar-refractivity contribution in [3.05, 3.63) is 29.8 Å². The van der Waals surface area contributed by atoms with Crippen molar-refractivity contribution in [2.75, 3.05) is 30.8 Å². The third-order valence-electron chi connectivity index (χ3n) is 4.29. The van der Waals surface area contributed by atoms with Crippen LogP contribution in [-0.4, -0.2) is 36.2 Å². The summed E-state index contributed by atoms with van der Waals surface area (Å²) < 4.78 is 5.82. The number of anilines is 1. The van der Waals surface area contributed by atoms with E-state index in [-0.39, 0.29) is 16.7 Å². The molecular weight excluding hydrogens is 308 g/mol. The molecule has 1 aromatic carbocycles. The molecule has 0 radical (unpaired) electrons. The Morgan fingerprint density at radius 1 is 1.39 bits per heavy atom. The number of carbonyl (C=O) groups excluding carboxylic acids is 1. The van der Waals surface area contributed by atoms with Crippen LogP contribution in [0.15, 0.2) is 24.3 Å². The van der Waals surface area contributed by atoms with Crippen molar-refractivity contribution in [2.45, 2.75) is 44.4 Å². The SMILES string of the molecule is CCSC1(CN[C@@H](C)c2cccc(NC(C)=O)c2)CCOCC1. The average Bonchev–Trinajstić information content (AvgIpc) is 2.53. The first-order valence-corrected chi connectivity index (χ1v) is 9.36. The van der Waals surface area contributed by atoms with E-state index in [4.69, 9.17) is 4.74 Å². The van der Waals surface area contributed by atoms with Crippen LogP contribution in [-0.2, 0) is 9.53 Å². The van der Waals surface area contributed by atoms with Gasteiger partial charge in [0.05, 0.1) is 0 Å². The van der Waals surface area contributed by atoms with Gasteiger partial charge < -0.3 is 15.4 Å². The number of benzene rings is 1. The second-order valence-electron chi connectivity index (χ2n) is 6.14. The highest BCUT2D eigenvalue weighted by Crippen LogP contribution is 2.35. The Morgan fingerprint density at radius 3 is 2.78 bits per heavy atom. The number of thioether (sulfide) groups is 1. The summed E-state index contributed by atoms with van der Waals surface area (Å²) in [6.45, 7) is 8.65. The summed E-state index contributed by atoms with van der Waals surface area (Å²) in [4.78, 5) is 11.2. The molecule has 128 valence electrons. The lowest BCUT2D eigenvalue weighted by atomic mass is 9.98. The largest absolute Gasteiger partial charge is 0.381 e. The van der Waals surface area contributed by atoms with Crippen LogP contribution in [0.5, 0.6) is 0 Å². The molecule has 1 amide bonds. The molecule has 1 aliphatic heterocycles. The van der Waals surface area contributed by atoms with E-state index in [1.807, 2.05) is 30.0 Å². The van der Waals surface area contributed by atoms with E-state index in [1.54, 1.807) is 0 Å². The van der Waals surface area contributed by atoms with E-state index >= 15 is 0 Å². The van der Waals surface area contributed by atoms with Crippen LogP contribution in [0, 0.1) is 0 Å². The third kappa shape index (κ3) is 5.52. The zero-order valence-electron chi connectivity index (χ0n) is 14.4. The van der Waals surface area contributed by atoms with Gasteiger partial charge in [-0.05, 0) is 43.2 Å². The summed E-state index contributed by atoms with van der Waals surface area (Å²) in [7, 11) is 0. The van der Waals surface area contributed by atoms with Crippen LogP contribution in [0.2, 0.25) is 0 Å². The molecule has 4 nitrogen and oxygen atoms in total. The molecule has 2 rings (SSSR count). The average molecular weight is 337 g/mol. The fourth-order valence-corrected chi connectivity index (χ4v) is 4.22. The van der Waals surface area contributed by atoms with Crippen LogP contribution >= 0.6 is 11.8 Å². The van der Waals surface area contributed by atoms with Crippen LogP contribution < -0.4 is 10.6 Å². The number of amides is 1. The molecule has 1 aromatic rings. The van der Waals surface area contributed by atoms with Gasteiger partial charge >= 0.3 is 0 Å². The Bertz CT molecular complexity index is 510. The van der Waals surface area contributed by atoms with Gasteiger partial charge in [-0.2, -0.15) is 11.8 Å². The maximum absolute atomic E-state index is 11.2. The summed E-state index contributed by atoms with van der Waals surface area (Å²) in [5.74, 6) is 1.09. The lowest BCUT2D eigenvalue weighted by molar-refractivity contribution is -0.114. The minimum Gasteiger partial charge on any atom is -0.381 e. The van der Waals surface area contributed by atoms with Crippen molar-refractivity contribution in [3.63, 3.8) is 0 Å². The number of nitrogens with one attached hydrogen (secondary N) is 2. The van der Waals surface area contributed by atoms with E-state index < -0.39 is 0 Å². The maximum Gasteiger partial charge on any atom is 0.221 e. The topological polar surface area (TPSA) is 50.4 Å². The first-order valence-electron chi connectivity index (χ1n) is 8.37. The van der Waals surface area contributed by atoms with Gasteiger partial charge in [-0.15, -0.1) is 0 Å². The molecule has 0 bridgehead atoms. The quantitative estimate of drug-likeness (QED) is 0.799. The molecule has 0 aromatic heterocycles. The molecule has 0 unspecified atom stereocenters. The Kier molecular flexibility index (Phi) is 6.93. The second kappa shape index (κ2) is 8.71. The number of hydrogen-bond acceptors (Lipinski definition) is 4. The molecule has 0 aliphatic carbocycles. The fraction of sp³-hybridized carbons (Fsp3) is 0.611. The molecule has 1 atom stereocenters. The molecule has 1 saturated heterocycles. The van der Waals surface area contributed by atoms with E-state index in [9.17, 15) is 4.79 Å². The molecule has 0 spiro atoms. The van der Waals surface area contributed by atoms with E-state index in [0.717, 1.165) is 44.0 Å². The van der Waals surface area contributed by atoms with Crippen molar-refractivity contribution in [1.29, 1.82) is 0 Å². The molecule has 0 saturated carbocycles. The monoisotopic (exact) mass is 336 g/mol. The minimum absolute atomic E-state index is 0.0386. The normalized spacial score (nSPS) is 18.4. The maximum atomic E-state index is 11.2. The predicted molar refractivity (Wildman–Crippen MR) is 98.1 cm³/mol. The highest BCUT2D eigenvalue weighted by Gasteiger charge is 2.32. The van der Waals surface area contributed by atoms with Gasteiger partial charge in [0.15, 0.2) is 0 Å². The van der Waals surface area contributed by atoms with Gasteiger partial charge in [-0.25, -0.2) is 0 Å². The van der Waals surface area contributed by atoms with Crippen LogP contribution in [0.25, 0.3) is 0 Å². The van der Waals surface area contributed by atoms with Crippen LogP contribution in [0.4, 0.5) is 5.69 Å². The summed E-state index contributed by atoms with van der Waals surface area (Å²) in [5, 5.41) is 6.53. The molecule has 1 heterocycles. The standard InChI is InChI=1S/C18H28N2O2S/c1-4-23-18(8-10-22-11-9-18)13-19-14(2)16-6-5-7-17(12-16)20-15(3)21/h5-7,12,14,19H,4,8-11,13H2,1-3H3,(H,20,21)/t14-/m0/s1. The summed E-state index contributed by atoms with van der Waals surface area (Å²) in [6.07, 6.45) is 2.22. The fourth-order valence-electron chi connectivity index (χ4n) is 2.97. The Balaban J connectivity index is 1.97. The summed E-state index contributed by atoms with van der Waals surface area (Å²) >= 11 is 2.05. The van der Waals surface area contributed by atoms with E-state index in [1.165, 1.54) is 12.5 Å². The minimum atomic E-state index is -0.0386. The number of rotatable bonds is 7. The van der Waals surface area contributed by atoms with Crippen molar-refractivity contribution in [1.82, 2.24) is 5.32 Å². The molecule has 1 fully saturated rings. The molecule has 2 N–H and O–H groups in total. The zero-order chi connectivity index (χ0) is 16.7. The zero-order valence-corrected chi connectivity index (χ0v) is 15.2. The van der Waals surface area contributed by atoms with Crippen molar-refractivity contribution < 1.29 is 9.53 Å². The first-order chi connectivity index (χ1) is 11.0. The van der Waals surface area contributed by atoms with Gasteiger partial charge in [0.1, 0.15) is 0 Å². The van der Waals surface area contributed by atoms with Crippen LogP contribution in [0.1, 0.15) is 45.2 Å². The highest BCUT2D eigenvalue weighted by atomic mass is 32.2. The van der Waals surface area contributed by atoms with E-state index in [2.05, 4.69) is 30.5 Å². The Hall–Kier alpha value is -1.04. The lowest BCUT2D eigenvalue weighted by Gasteiger charge is -2.37. The van der Waals surface area contributed by atoms with E-state index in [0.29, 0.717) is 0 Å². The third-order valence-corrected chi connectivity index (χ3v) is 5.75. The van der Waals surface area contributed by atoms with Gasteiger partial charge in [-0.3, -0.25) is 4.79 Å². The number of ether oxygens (including phenoxy) is 1. The lowest BCUT2D eigenvalue weighted by Crippen LogP contribution is -2.43. The van der Waals surface area contributed by atoms with Crippen molar-refractivity contribution >= 4 is 23.4 Å². The first kappa shape index (κ1) is 18.3. The van der Waals surface area contributed by atoms with Crippen molar-refractivity contribution in [3.8, 4) is 0 Å². The molecule has 1 aliphatic rings. The highest BCUT2D eigenvalue weighted by molar-refractivity contribution is 8.00. The van der Waals surface area contributed by atoms with Gasteiger partial charge in [0.25, 0.3) is 0 Å². The predicted octanol–water partition coefficient (Wildman–Crippen LogP) is 3.60. The Morgan fingerprint density at radius 2 is 2.13 bits per heavy atom. The van der Waals surface area contributed by atoms with Crippen LogP contribution in [0.3, 0.4) is 0 Å². The molecule has 5 heteroatoms. The summed E-state index contributed by atoms with van der Waals surface area (Å²) in [6, 6.07) is 8.31. The second-order valence-corrected chi connectivity index (χ2v) is 7.87. The van der Waals surface area contributed by atoms with Gasteiger partial charge in [-0.1, -0.05) is 19.1 Å². The Labute approximate surface area is 143 Å². The number of hydrogen-bond donors (Lipinski definition) is 2. The molecular formula is C18H28N2O2S. The molecule has 23 heavy (non-hydrogen) atoms. The summed E-state index contributed by atoms with van der Waals surface area (Å²) in [5.41, 5.74) is 2.05. The number of carbonyl (C=O) groups is 1. The van der Waals surface area contributed by atoms with Gasteiger partial charge in [0.2, 0.25) is 5.91 Å².